The largest absolute Gasteiger partial charge is 0.377 e. The van der Waals surface area contributed by atoms with Crippen LogP contribution in [0.3, 0.4) is 0 Å². The maximum absolute atomic E-state index is 5.63. The van der Waals surface area contributed by atoms with Crippen molar-refractivity contribution in [2.45, 2.75) is 45.6 Å². The maximum Gasteiger partial charge on any atom is 0.0716 e. The normalized spacial score (nSPS) is 11.1. The summed E-state index contributed by atoms with van der Waals surface area (Å²) in [5, 5.41) is 0. The number of unbranched alkanes of at least 4 members (excludes halogenated alkanes) is 2. The second-order valence-corrected chi connectivity index (χ2v) is 4.80. The van der Waals surface area contributed by atoms with Gasteiger partial charge in [-0.25, -0.2) is 0 Å². The Labute approximate surface area is 105 Å². The van der Waals surface area contributed by atoms with E-state index in [1.54, 1.807) is 0 Å². The fourth-order valence-corrected chi connectivity index (χ4v) is 1.71. The van der Waals surface area contributed by atoms with E-state index < -0.39 is 0 Å². The first-order valence-electron chi connectivity index (χ1n) is 6.60. The molecule has 1 aromatic carbocycles. The van der Waals surface area contributed by atoms with Crippen LogP contribution in [0.2, 0.25) is 0 Å². The lowest BCUT2D eigenvalue weighted by molar-refractivity contribution is 0.117. The molecule has 1 rings (SSSR count). The molecule has 0 heterocycles. The van der Waals surface area contributed by atoms with Crippen LogP contribution in [0.1, 0.15) is 50.2 Å². The lowest BCUT2D eigenvalue weighted by atomic mass is 10.0. The highest BCUT2D eigenvalue weighted by Crippen LogP contribution is 2.15. The molecule has 2 heteroatoms. The van der Waals surface area contributed by atoms with E-state index in [2.05, 4.69) is 38.1 Å². The van der Waals surface area contributed by atoms with Gasteiger partial charge in [0.25, 0.3) is 0 Å². The van der Waals surface area contributed by atoms with Crippen molar-refractivity contribution in [3.8, 4) is 0 Å². The third-order valence-corrected chi connectivity index (χ3v) is 2.91. The van der Waals surface area contributed by atoms with Crippen LogP contribution in [0.4, 0.5) is 0 Å². The van der Waals surface area contributed by atoms with Crippen LogP contribution in [0.15, 0.2) is 24.3 Å². The first-order chi connectivity index (χ1) is 8.24. The molecule has 2 N–H and O–H groups in total. The van der Waals surface area contributed by atoms with Gasteiger partial charge in [-0.1, -0.05) is 38.1 Å². The third-order valence-electron chi connectivity index (χ3n) is 2.91. The van der Waals surface area contributed by atoms with E-state index in [0.29, 0.717) is 5.92 Å². The fraction of sp³-hybridized carbons (Fsp3) is 0.600. The minimum absolute atomic E-state index is 0.598. The Hall–Kier alpha value is -0.860. The Bertz CT molecular complexity index is 292. The molecule has 0 saturated carbocycles. The molecule has 1 aromatic rings. The molecule has 0 aromatic heterocycles. The fourth-order valence-electron chi connectivity index (χ4n) is 1.71. The van der Waals surface area contributed by atoms with Gasteiger partial charge in [0.2, 0.25) is 0 Å². The Kier molecular flexibility index (Phi) is 6.90. The van der Waals surface area contributed by atoms with Crippen LogP contribution in [-0.4, -0.2) is 13.2 Å². The zero-order valence-corrected chi connectivity index (χ0v) is 11.1. The molecule has 0 spiro atoms. The summed E-state index contributed by atoms with van der Waals surface area (Å²) < 4.78 is 5.63. The van der Waals surface area contributed by atoms with Gasteiger partial charge in [-0.2, -0.15) is 0 Å². The van der Waals surface area contributed by atoms with Gasteiger partial charge in [0.15, 0.2) is 0 Å². The first-order valence-corrected chi connectivity index (χ1v) is 6.60. The molecule has 0 saturated heterocycles. The molecule has 0 radical (unpaired) electrons. The highest BCUT2D eigenvalue weighted by molar-refractivity contribution is 5.24. The van der Waals surface area contributed by atoms with Gasteiger partial charge in [0.1, 0.15) is 0 Å². The summed E-state index contributed by atoms with van der Waals surface area (Å²) in [4.78, 5) is 0. The maximum atomic E-state index is 5.63. The Morgan fingerprint density at radius 3 is 2.35 bits per heavy atom. The summed E-state index contributed by atoms with van der Waals surface area (Å²) in [5.74, 6) is 0.598. The summed E-state index contributed by atoms with van der Waals surface area (Å²) in [7, 11) is 0. The molecule has 0 aliphatic carbocycles. The first kappa shape index (κ1) is 14.2. The topological polar surface area (TPSA) is 35.2 Å². The van der Waals surface area contributed by atoms with Crippen molar-refractivity contribution in [2.75, 3.05) is 13.2 Å². The second kappa shape index (κ2) is 8.26. The molecule has 0 unspecified atom stereocenters. The molecule has 0 fully saturated rings. The van der Waals surface area contributed by atoms with Crippen molar-refractivity contribution < 1.29 is 4.74 Å². The number of ether oxygens (including phenoxy) is 1. The van der Waals surface area contributed by atoms with Gasteiger partial charge >= 0.3 is 0 Å². The number of benzene rings is 1. The monoisotopic (exact) mass is 235 g/mol. The summed E-state index contributed by atoms with van der Waals surface area (Å²) in [5.41, 5.74) is 8.08. The zero-order chi connectivity index (χ0) is 12.5. The van der Waals surface area contributed by atoms with Crippen molar-refractivity contribution in [1.82, 2.24) is 0 Å². The van der Waals surface area contributed by atoms with Crippen molar-refractivity contribution in [2.24, 2.45) is 5.73 Å². The van der Waals surface area contributed by atoms with Gasteiger partial charge in [-0.05, 0) is 42.9 Å². The van der Waals surface area contributed by atoms with E-state index in [1.807, 2.05) is 0 Å². The van der Waals surface area contributed by atoms with E-state index in [-0.39, 0.29) is 0 Å². The van der Waals surface area contributed by atoms with E-state index in [4.69, 9.17) is 10.5 Å². The van der Waals surface area contributed by atoms with Crippen LogP contribution >= 0.6 is 0 Å². The number of hydrogen-bond donors (Lipinski definition) is 1. The lowest BCUT2D eigenvalue weighted by Crippen LogP contribution is -2.00. The molecular formula is C15H25NO. The van der Waals surface area contributed by atoms with E-state index in [1.165, 1.54) is 17.5 Å². The van der Waals surface area contributed by atoms with Crippen LogP contribution < -0.4 is 5.73 Å². The zero-order valence-electron chi connectivity index (χ0n) is 11.1. The second-order valence-electron chi connectivity index (χ2n) is 4.80. The molecule has 0 aliphatic heterocycles. The smallest absolute Gasteiger partial charge is 0.0716 e. The van der Waals surface area contributed by atoms with Gasteiger partial charge < -0.3 is 10.5 Å². The summed E-state index contributed by atoms with van der Waals surface area (Å²) >= 11 is 0. The highest BCUT2D eigenvalue weighted by atomic mass is 16.5. The average Bonchev–Trinajstić information content (AvgIpc) is 2.34. The molecule has 96 valence electrons. The van der Waals surface area contributed by atoms with E-state index in [0.717, 1.165) is 32.6 Å². The van der Waals surface area contributed by atoms with Crippen molar-refractivity contribution >= 4 is 0 Å². The van der Waals surface area contributed by atoms with Crippen LogP contribution in [0.5, 0.6) is 0 Å². The van der Waals surface area contributed by atoms with Gasteiger partial charge in [-0.15, -0.1) is 0 Å². The van der Waals surface area contributed by atoms with Crippen LogP contribution in [0, 0.1) is 0 Å². The van der Waals surface area contributed by atoms with Gasteiger partial charge in [0, 0.05) is 6.61 Å². The number of nitrogens with two attached hydrogens (primary N) is 1. The predicted octanol–water partition coefficient (Wildman–Crippen LogP) is 3.46. The summed E-state index contributed by atoms with van der Waals surface area (Å²) in [6.07, 6.45) is 3.39. The van der Waals surface area contributed by atoms with Crippen molar-refractivity contribution in [3.63, 3.8) is 0 Å². The van der Waals surface area contributed by atoms with E-state index in [9.17, 15) is 0 Å². The lowest BCUT2D eigenvalue weighted by Gasteiger charge is -2.07. The van der Waals surface area contributed by atoms with Crippen molar-refractivity contribution in [1.29, 1.82) is 0 Å². The number of rotatable bonds is 8. The summed E-state index contributed by atoms with van der Waals surface area (Å²) in [6.45, 7) is 6.77. The standard InChI is InChI=1S/C15H25NO/c1-13(2)15-8-6-14(7-9-15)12-17-11-5-3-4-10-16/h6-9,13H,3-5,10-12,16H2,1-2H3. The third kappa shape index (κ3) is 5.85. The molecule has 0 amide bonds. The molecule has 0 aliphatic rings. The van der Waals surface area contributed by atoms with Gasteiger partial charge in [-0.3, -0.25) is 0 Å². The number of hydrogen-bond acceptors (Lipinski definition) is 2. The van der Waals surface area contributed by atoms with Crippen molar-refractivity contribution in [3.05, 3.63) is 35.4 Å². The molecule has 0 atom stereocenters. The summed E-state index contributed by atoms with van der Waals surface area (Å²) in [6, 6.07) is 8.71. The van der Waals surface area contributed by atoms with Crippen LogP contribution in [-0.2, 0) is 11.3 Å². The Morgan fingerprint density at radius 1 is 1.06 bits per heavy atom. The minimum atomic E-state index is 0.598. The molecule has 0 bridgehead atoms. The Balaban J connectivity index is 2.19. The quantitative estimate of drug-likeness (QED) is 0.700. The average molecular weight is 235 g/mol. The van der Waals surface area contributed by atoms with E-state index >= 15 is 0 Å². The molecule has 2 nitrogen and oxygen atoms in total. The molecular weight excluding hydrogens is 210 g/mol. The predicted molar refractivity (Wildman–Crippen MR) is 73.1 cm³/mol. The SMILES string of the molecule is CC(C)c1ccc(COCCCCCN)cc1. The highest BCUT2D eigenvalue weighted by Gasteiger charge is 1.99. The minimum Gasteiger partial charge on any atom is -0.377 e. The Morgan fingerprint density at radius 2 is 1.76 bits per heavy atom. The van der Waals surface area contributed by atoms with Crippen LogP contribution in [0.25, 0.3) is 0 Å². The molecule has 17 heavy (non-hydrogen) atoms. The van der Waals surface area contributed by atoms with Gasteiger partial charge in [0.05, 0.1) is 6.61 Å².